The van der Waals surface area contributed by atoms with Crippen LogP contribution in [0.4, 0.5) is 17.5 Å². The minimum absolute atomic E-state index is 0.760. The van der Waals surface area contributed by atoms with Gasteiger partial charge >= 0.3 is 0 Å². The van der Waals surface area contributed by atoms with Crippen LogP contribution in [0.3, 0.4) is 0 Å². The molecule has 7 heteroatoms. The molecule has 3 aromatic rings. The van der Waals surface area contributed by atoms with E-state index in [4.69, 9.17) is 14.7 Å². The molecule has 2 fully saturated rings. The van der Waals surface area contributed by atoms with Crippen LogP contribution in [0.1, 0.15) is 27.9 Å². The molecule has 3 aliphatic heterocycles. The number of aryl methyl sites for hydroxylation is 2. The second-order valence-electron chi connectivity index (χ2n) is 10.6. The Kier molecular flexibility index (Phi) is 6.98. The molecule has 0 spiro atoms. The second kappa shape index (κ2) is 10.7. The van der Waals surface area contributed by atoms with Gasteiger partial charge in [0, 0.05) is 76.6 Å². The Hall–Kier alpha value is -3.16. The molecule has 194 valence electrons. The molecule has 0 amide bonds. The number of nitrogens with zero attached hydrogens (tertiary/aromatic N) is 6. The fraction of sp³-hybridized carbons (Fsp3) is 0.467. The molecule has 2 aromatic carbocycles. The first-order valence-electron chi connectivity index (χ1n) is 13.7. The highest BCUT2D eigenvalue weighted by Crippen LogP contribution is 2.31. The molecule has 0 aliphatic carbocycles. The van der Waals surface area contributed by atoms with Gasteiger partial charge in [-0.3, -0.25) is 4.90 Å². The predicted octanol–water partition coefficient (Wildman–Crippen LogP) is 3.81. The minimum Gasteiger partial charge on any atom is -0.378 e. The number of piperazine rings is 1. The Bertz CT molecular complexity index is 1220. The molecule has 0 unspecified atom stereocenters. The van der Waals surface area contributed by atoms with Gasteiger partial charge in [-0.1, -0.05) is 36.4 Å². The van der Waals surface area contributed by atoms with Gasteiger partial charge in [0.25, 0.3) is 0 Å². The quantitative estimate of drug-likeness (QED) is 0.530. The third kappa shape index (κ3) is 5.29. The highest BCUT2D eigenvalue weighted by Gasteiger charge is 2.28. The van der Waals surface area contributed by atoms with Gasteiger partial charge < -0.3 is 19.4 Å². The van der Waals surface area contributed by atoms with Crippen molar-refractivity contribution >= 4 is 17.5 Å². The van der Waals surface area contributed by atoms with Crippen LogP contribution in [-0.2, 0) is 24.2 Å². The van der Waals surface area contributed by atoms with Crippen molar-refractivity contribution in [2.24, 2.45) is 0 Å². The van der Waals surface area contributed by atoms with Gasteiger partial charge in [0.15, 0.2) is 0 Å². The summed E-state index contributed by atoms with van der Waals surface area (Å²) in [5, 5.41) is 0. The lowest BCUT2D eigenvalue weighted by Gasteiger charge is -2.38. The van der Waals surface area contributed by atoms with E-state index in [1.165, 1.54) is 33.6 Å². The second-order valence-corrected chi connectivity index (χ2v) is 10.6. The maximum absolute atomic E-state index is 5.67. The lowest BCUT2D eigenvalue weighted by atomic mass is 10.0. The molecule has 0 N–H and O–H groups in total. The number of ether oxygens (including phenoxy) is 1. The Labute approximate surface area is 220 Å². The van der Waals surface area contributed by atoms with Gasteiger partial charge in [0.1, 0.15) is 5.82 Å². The average molecular weight is 499 g/mol. The summed E-state index contributed by atoms with van der Waals surface area (Å²) in [6.07, 6.45) is 0.970. The van der Waals surface area contributed by atoms with Crippen molar-refractivity contribution < 1.29 is 4.74 Å². The number of hydrogen-bond acceptors (Lipinski definition) is 7. The predicted molar refractivity (Wildman–Crippen MR) is 150 cm³/mol. The van der Waals surface area contributed by atoms with E-state index in [2.05, 4.69) is 82.0 Å². The van der Waals surface area contributed by atoms with Crippen LogP contribution in [0.2, 0.25) is 0 Å². The number of morpholine rings is 1. The van der Waals surface area contributed by atoms with Crippen LogP contribution < -0.4 is 14.7 Å². The maximum Gasteiger partial charge on any atom is 0.227 e. The number of anilines is 3. The largest absolute Gasteiger partial charge is 0.378 e. The van der Waals surface area contributed by atoms with E-state index in [9.17, 15) is 0 Å². The molecule has 37 heavy (non-hydrogen) atoms. The summed E-state index contributed by atoms with van der Waals surface area (Å²) in [4.78, 5) is 20.2. The Morgan fingerprint density at radius 1 is 0.757 bits per heavy atom. The van der Waals surface area contributed by atoms with Crippen molar-refractivity contribution in [2.45, 2.75) is 33.4 Å². The smallest absolute Gasteiger partial charge is 0.227 e. The molecule has 3 aliphatic rings. The summed E-state index contributed by atoms with van der Waals surface area (Å²) in [5.41, 5.74) is 7.92. The van der Waals surface area contributed by atoms with Crippen molar-refractivity contribution in [2.75, 3.05) is 73.7 Å². The first kappa shape index (κ1) is 24.2. The minimum atomic E-state index is 0.760. The van der Waals surface area contributed by atoms with Gasteiger partial charge in [-0.2, -0.15) is 4.98 Å². The molecular weight excluding hydrogens is 460 g/mol. The third-order valence-corrected chi connectivity index (χ3v) is 8.08. The Balaban J connectivity index is 1.22. The average Bonchev–Trinajstić information content (AvgIpc) is 2.95. The number of aromatic nitrogens is 2. The van der Waals surface area contributed by atoms with Crippen LogP contribution >= 0.6 is 0 Å². The summed E-state index contributed by atoms with van der Waals surface area (Å²) < 4.78 is 5.67. The van der Waals surface area contributed by atoms with E-state index in [1.54, 1.807) is 0 Å². The monoisotopic (exact) mass is 498 g/mol. The highest BCUT2D eigenvalue weighted by molar-refractivity contribution is 5.56. The molecule has 0 radical (unpaired) electrons. The van der Waals surface area contributed by atoms with Gasteiger partial charge in [0.2, 0.25) is 5.95 Å². The lowest BCUT2D eigenvalue weighted by molar-refractivity contribution is 0.122. The Morgan fingerprint density at radius 2 is 1.51 bits per heavy atom. The van der Waals surface area contributed by atoms with Crippen molar-refractivity contribution in [3.8, 4) is 0 Å². The summed E-state index contributed by atoms with van der Waals surface area (Å²) in [6.45, 7) is 14.4. The number of benzene rings is 2. The molecule has 0 atom stereocenters. The van der Waals surface area contributed by atoms with E-state index in [-0.39, 0.29) is 0 Å². The van der Waals surface area contributed by atoms with E-state index >= 15 is 0 Å². The zero-order valence-electron chi connectivity index (χ0n) is 22.2. The Morgan fingerprint density at radius 3 is 2.27 bits per heavy atom. The first-order valence-corrected chi connectivity index (χ1v) is 13.7. The van der Waals surface area contributed by atoms with Crippen molar-refractivity contribution in [1.82, 2.24) is 14.9 Å². The van der Waals surface area contributed by atoms with Crippen molar-refractivity contribution in [3.63, 3.8) is 0 Å². The van der Waals surface area contributed by atoms with Gasteiger partial charge in [-0.25, -0.2) is 4.98 Å². The highest BCUT2D eigenvalue weighted by atomic mass is 16.5. The van der Waals surface area contributed by atoms with E-state index in [0.29, 0.717) is 0 Å². The van der Waals surface area contributed by atoms with Crippen LogP contribution in [-0.4, -0.2) is 73.9 Å². The fourth-order valence-electron chi connectivity index (χ4n) is 5.68. The van der Waals surface area contributed by atoms with Crippen LogP contribution in [0, 0.1) is 13.8 Å². The number of fused-ring (bicyclic) bond motifs is 1. The topological polar surface area (TPSA) is 48.0 Å². The molecule has 2 saturated heterocycles. The number of hydrogen-bond donors (Lipinski definition) is 0. The zero-order valence-corrected chi connectivity index (χ0v) is 22.2. The summed E-state index contributed by atoms with van der Waals surface area (Å²) in [6, 6.07) is 17.6. The molecule has 4 heterocycles. The molecule has 0 bridgehead atoms. The van der Waals surface area contributed by atoms with Crippen LogP contribution in [0.5, 0.6) is 0 Å². The standard InChI is InChI=1S/C30H38N6O/c1-23-8-9-26(20-24(23)2)34-12-14-36(15-13-34)30-31-28-10-11-33(21-25-6-4-3-5-7-25)22-27(28)29(32-30)35-16-18-37-19-17-35/h3-9,20H,10-19,21-22H2,1-2H3. The lowest BCUT2D eigenvalue weighted by Crippen LogP contribution is -2.47. The molecule has 0 saturated carbocycles. The first-order chi connectivity index (χ1) is 18.1. The molecular formula is C30H38N6O. The fourth-order valence-corrected chi connectivity index (χ4v) is 5.68. The summed E-state index contributed by atoms with van der Waals surface area (Å²) in [7, 11) is 0. The van der Waals surface area contributed by atoms with Crippen LogP contribution in [0.25, 0.3) is 0 Å². The van der Waals surface area contributed by atoms with Crippen molar-refractivity contribution in [1.29, 1.82) is 0 Å². The van der Waals surface area contributed by atoms with Crippen molar-refractivity contribution in [3.05, 3.63) is 76.5 Å². The molecule has 1 aromatic heterocycles. The van der Waals surface area contributed by atoms with E-state index in [1.807, 2.05) is 0 Å². The third-order valence-electron chi connectivity index (χ3n) is 8.08. The normalized spacial score (nSPS) is 18.7. The van der Waals surface area contributed by atoms with Gasteiger partial charge in [0.05, 0.1) is 18.9 Å². The maximum atomic E-state index is 5.67. The number of rotatable bonds is 5. The zero-order chi connectivity index (χ0) is 25.2. The van der Waals surface area contributed by atoms with E-state index < -0.39 is 0 Å². The molecule has 6 rings (SSSR count). The SMILES string of the molecule is Cc1ccc(N2CCN(c3nc4c(c(N5CCOCC5)n3)CN(Cc3ccccc3)CC4)CC2)cc1C. The van der Waals surface area contributed by atoms with Gasteiger partial charge in [-0.15, -0.1) is 0 Å². The summed E-state index contributed by atoms with van der Waals surface area (Å²) in [5.74, 6) is 2.02. The van der Waals surface area contributed by atoms with Crippen LogP contribution in [0.15, 0.2) is 48.5 Å². The van der Waals surface area contributed by atoms with Gasteiger partial charge in [-0.05, 0) is 42.7 Å². The van der Waals surface area contributed by atoms with E-state index in [0.717, 1.165) is 90.3 Å². The summed E-state index contributed by atoms with van der Waals surface area (Å²) >= 11 is 0. The molecule has 7 nitrogen and oxygen atoms in total.